The van der Waals surface area contributed by atoms with Crippen molar-refractivity contribution in [3.05, 3.63) is 29.8 Å². The Bertz CT molecular complexity index is 375. The minimum Gasteiger partial charge on any atom is -0.497 e. The molecule has 1 aromatic carbocycles. The molecule has 0 saturated carbocycles. The van der Waals surface area contributed by atoms with E-state index in [0.717, 1.165) is 24.4 Å². The van der Waals surface area contributed by atoms with Gasteiger partial charge in [-0.05, 0) is 43.6 Å². The lowest BCUT2D eigenvalue weighted by molar-refractivity contribution is 0.169. The SMILES string of the molecule is COc1ccc(C(O)CNCCN2CCCCC2)cc1. The lowest BCUT2D eigenvalue weighted by Crippen LogP contribution is -2.36. The maximum Gasteiger partial charge on any atom is 0.118 e. The average Bonchev–Trinajstić information content (AvgIpc) is 2.52. The number of benzene rings is 1. The van der Waals surface area contributed by atoms with Gasteiger partial charge in [0.1, 0.15) is 5.75 Å². The van der Waals surface area contributed by atoms with Gasteiger partial charge in [0.2, 0.25) is 0 Å². The minimum absolute atomic E-state index is 0.456. The molecule has 0 aromatic heterocycles. The van der Waals surface area contributed by atoms with Crippen molar-refractivity contribution < 1.29 is 9.84 Å². The largest absolute Gasteiger partial charge is 0.497 e. The van der Waals surface area contributed by atoms with Crippen LogP contribution in [0.15, 0.2) is 24.3 Å². The molecule has 0 aliphatic carbocycles. The molecule has 1 heterocycles. The van der Waals surface area contributed by atoms with E-state index in [2.05, 4.69) is 10.2 Å². The zero-order chi connectivity index (χ0) is 14.2. The van der Waals surface area contributed by atoms with Crippen LogP contribution in [-0.2, 0) is 0 Å². The predicted molar refractivity (Wildman–Crippen MR) is 81.1 cm³/mol. The third kappa shape index (κ3) is 4.78. The van der Waals surface area contributed by atoms with Gasteiger partial charge in [-0.3, -0.25) is 0 Å². The van der Waals surface area contributed by atoms with Crippen molar-refractivity contribution in [2.45, 2.75) is 25.4 Å². The van der Waals surface area contributed by atoms with Crippen LogP contribution >= 0.6 is 0 Å². The van der Waals surface area contributed by atoms with Crippen molar-refractivity contribution in [2.24, 2.45) is 0 Å². The molecule has 0 bridgehead atoms. The Kier molecular flexibility index (Phi) is 6.30. The summed E-state index contributed by atoms with van der Waals surface area (Å²) in [5, 5.41) is 13.4. The summed E-state index contributed by atoms with van der Waals surface area (Å²) < 4.78 is 5.11. The molecule has 4 heteroatoms. The van der Waals surface area contributed by atoms with E-state index in [1.807, 2.05) is 24.3 Å². The summed E-state index contributed by atoms with van der Waals surface area (Å²) >= 11 is 0. The van der Waals surface area contributed by atoms with E-state index in [1.54, 1.807) is 7.11 Å². The molecule has 2 rings (SSSR count). The van der Waals surface area contributed by atoms with E-state index in [4.69, 9.17) is 4.74 Å². The van der Waals surface area contributed by atoms with Gasteiger partial charge in [0.15, 0.2) is 0 Å². The number of piperidine rings is 1. The maximum atomic E-state index is 10.1. The molecular formula is C16H26N2O2. The number of rotatable bonds is 7. The molecule has 1 fully saturated rings. The third-order valence-corrected chi connectivity index (χ3v) is 3.89. The van der Waals surface area contributed by atoms with Crippen LogP contribution in [-0.4, -0.2) is 49.8 Å². The molecule has 0 spiro atoms. The predicted octanol–water partition coefficient (Wildman–Crippen LogP) is 1.80. The van der Waals surface area contributed by atoms with Crippen LogP contribution < -0.4 is 10.1 Å². The normalized spacial score (nSPS) is 17.9. The number of nitrogens with one attached hydrogen (secondary N) is 1. The maximum absolute atomic E-state index is 10.1. The molecule has 1 saturated heterocycles. The Labute approximate surface area is 121 Å². The fraction of sp³-hybridized carbons (Fsp3) is 0.625. The second-order valence-electron chi connectivity index (χ2n) is 5.40. The van der Waals surface area contributed by atoms with Crippen LogP contribution in [0.1, 0.15) is 30.9 Å². The van der Waals surface area contributed by atoms with Gasteiger partial charge in [-0.15, -0.1) is 0 Å². The van der Waals surface area contributed by atoms with E-state index in [0.29, 0.717) is 6.54 Å². The van der Waals surface area contributed by atoms with Gasteiger partial charge in [0, 0.05) is 19.6 Å². The van der Waals surface area contributed by atoms with E-state index >= 15 is 0 Å². The third-order valence-electron chi connectivity index (χ3n) is 3.89. The van der Waals surface area contributed by atoms with Crippen molar-refractivity contribution in [3.63, 3.8) is 0 Å². The van der Waals surface area contributed by atoms with E-state index in [9.17, 15) is 5.11 Å². The highest BCUT2D eigenvalue weighted by molar-refractivity contribution is 5.28. The smallest absolute Gasteiger partial charge is 0.118 e. The first-order valence-corrected chi connectivity index (χ1v) is 7.54. The molecule has 20 heavy (non-hydrogen) atoms. The van der Waals surface area contributed by atoms with Gasteiger partial charge in [-0.2, -0.15) is 0 Å². The average molecular weight is 278 g/mol. The highest BCUT2D eigenvalue weighted by Crippen LogP contribution is 2.16. The monoisotopic (exact) mass is 278 g/mol. The van der Waals surface area contributed by atoms with Gasteiger partial charge in [0.25, 0.3) is 0 Å². The molecule has 112 valence electrons. The molecule has 1 unspecified atom stereocenters. The van der Waals surface area contributed by atoms with E-state index in [-0.39, 0.29) is 0 Å². The van der Waals surface area contributed by atoms with Crippen molar-refractivity contribution in [3.8, 4) is 5.75 Å². The van der Waals surface area contributed by atoms with Crippen LogP contribution in [0.4, 0.5) is 0 Å². The lowest BCUT2D eigenvalue weighted by atomic mass is 10.1. The summed E-state index contributed by atoms with van der Waals surface area (Å²) in [7, 11) is 1.65. The summed E-state index contributed by atoms with van der Waals surface area (Å²) in [6, 6.07) is 7.59. The van der Waals surface area contributed by atoms with Gasteiger partial charge >= 0.3 is 0 Å². The summed E-state index contributed by atoms with van der Waals surface area (Å²) in [6.07, 6.45) is 3.57. The highest BCUT2D eigenvalue weighted by Gasteiger charge is 2.10. The van der Waals surface area contributed by atoms with E-state index < -0.39 is 6.10 Å². The first-order valence-electron chi connectivity index (χ1n) is 7.54. The number of aliphatic hydroxyl groups excluding tert-OH is 1. The van der Waals surface area contributed by atoms with Crippen molar-refractivity contribution in [2.75, 3.05) is 39.8 Å². The molecule has 1 atom stereocenters. The Hall–Kier alpha value is -1.10. The standard InChI is InChI=1S/C16H26N2O2/c1-20-15-7-5-14(6-8-15)16(19)13-17-9-12-18-10-3-2-4-11-18/h5-8,16-17,19H,2-4,9-13H2,1H3. The molecule has 1 aliphatic heterocycles. The second-order valence-corrected chi connectivity index (χ2v) is 5.40. The fourth-order valence-corrected chi connectivity index (χ4v) is 2.60. The first-order chi connectivity index (χ1) is 9.79. The number of methoxy groups -OCH3 is 1. The Morgan fingerprint density at radius 2 is 1.90 bits per heavy atom. The number of hydrogen-bond donors (Lipinski definition) is 2. The summed E-state index contributed by atoms with van der Waals surface area (Å²) in [5.74, 6) is 0.819. The first kappa shape index (κ1) is 15.3. The zero-order valence-electron chi connectivity index (χ0n) is 12.3. The quantitative estimate of drug-likeness (QED) is 0.747. The summed E-state index contributed by atoms with van der Waals surface area (Å²) in [4.78, 5) is 2.50. The molecule has 1 aromatic rings. The van der Waals surface area contributed by atoms with Crippen LogP contribution in [0.3, 0.4) is 0 Å². The number of aliphatic hydroxyl groups is 1. The fourth-order valence-electron chi connectivity index (χ4n) is 2.60. The van der Waals surface area contributed by atoms with Crippen molar-refractivity contribution in [1.29, 1.82) is 0 Å². The topological polar surface area (TPSA) is 44.7 Å². The number of hydrogen-bond acceptors (Lipinski definition) is 4. The minimum atomic E-state index is -0.456. The molecule has 0 radical (unpaired) electrons. The Balaban J connectivity index is 1.64. The molecule has 1 aliphatic rings. The van der Waals surface area contributed by atoms with Crippen molar-refractivity contribution in [1.82, 2.24) is 10.2 Å². The van der Waals surface area contributed by atoms with Gasteiger partial charge < -0.3 is 20.1 Å². The highest BCUT2D eigenvalue weighted by atomic mass is 16.5. The van der Waals surface area contributed by atoms with Gasteiger partial charge in [-0.25, -0.2) is 0 Å². The molecular weight excluding hydrogens is 252 g/mol. The van der Waals surface area contributed by atoms with E-state index in [1.165, 1.54) is 32.4 Å². The van der Waals surface area contributed by atoms with Crippen LogP contribution in [0.2, 0.25) is 0 Å². The number of nitrogens with zero attached hydrogens (tertiary/aromatic N) is 1. The zero-order valence-corrected chi connectivity index (χ0v) is 12.3. The van der Waals surface area contributed by atoms with Gasteiger partial charge in [0.05, 0.1) is 13.2 Å². The van der Waals surface area contributed by atoms with Crippen LogP contribution in [0, 0.1) is 0 Å². The van der Waals surface area contributed by atoms with Crippen LogP contribution in [0.5, 0.6) is 5.75 Å². The second kappa shape index (κ2) is 8.25. The Morgan fingerprint density at radius 3 is 2.55 bits per heavy atom. The number of likely N-dealkylation sites (tertiary alicyclic amines) is 1. The molecule has 4 nitrogen and oxygen atoms in total. The number of ether oxygens (including phenoxy) is 1. The van der Waals surface area contributed by atoms with Crippen LogP contribution in [0.25, 0.3) is 0 Å². The molecule has 2 N–H and O–H groups in total. The van der Waals surface area contributed by atoms with Gasteiger partial charge in [-0.1, -0.05) is 18.6 Å². The Morgan fingerprint density at radius 1 is 1.20 bits per heavy atom. The summed E-state index contributed by atoms with van der Waals surface area (Å²) in [6.45, 7) is 5.06. The molecule has 0 amide bonds. The lowest BCUT2D eigenvalue weighted by Gasteiger charge is -2.26. The summed E-state index contributed by atoms with van der Waals surface area (Å²) in [5.41, 5.74) is 0.927. The van der Waals surface area contributed by atoms with Crippen molar-refractivity contribution >= 4 is 0 Å².